The van der Waals surface area contributed by atoms with E-state index in [0.29, 0.717) is 19.6 Å². The molecule has 0 bridgehead atoms. The molecule has 0 saturated heterocycles. The molecule has 100 valence electrons. The Kier molecular flexibility index (Phi) is 10.7. The number of ether oxygens (including phenoxy) is 2. The molecule has 0 aromatic carbocycles. The number of hydrogen-bond donors (Lipinski definition) is 0. The molecule has 0 rings (SSSR count). The standard InChI is InChI=1S/C13H24O4/c1-3-16-13(15)10-8-6-4-5-7-9-11-17-12(2)14/h3-11H2,1-2H3. The molecule has 0 aliphatic heterocycles. The minimum absolute atomic E-state index is 0.0950. The van der Waals surface area contributed by atoms with Gasteiger partial charge in [0.1, 0.15) is 0 Å². The zero-order valence-electron chi connectivity index (χ0n) is 11.0. The molecule has 0 N–H and O–H groups in total. The molecule has 4 heteroatoms. The largest absolute Gasteiger partial charge is 0.466 e. The summed E-state index contributed by atoms with van der Waals surface area (Å²) in [5.74, 6) is -0.304. The Morgan fingerprint density at radius 2 is 1.47 bits per heavy atom. The molecule has 0 aliphatic carbocycles. The summed E-state index contributed by atoms with van der Waals surface area (Å²) in [7, 11) is 0. The van der Waals surface area contributed by atoms with Crippen molar-refractivity contribution in [1.82, 2.24) is 0 Å². The fourth-order valence-corrected chi connectivity index (χ4v) is 1.53. The van der Waals surface area contributed by atoms with Gasteiger partial charge in [-0.1, -0.05) is 25.7 Å². The maximum Gasteiger partial charge on any atom is 0.305 e. The fourth-order valence-electron chi connectivity index (χ4n) is 1.53. The third-order valence-corrected chi connectivity index (χ3v) is 2.39. The summed E-state index contributed by atoms with van der Waals surface area (Å²) in [5, 5.41) is 0. The van der Waals surface area contributed by atoms with Crippen molar-refractivity contribution in [3.8, 4) is 0 Å². The Hall–Kier alpha value is -1.06. The van der Waals surface area contributed by atoms with Crippen LogP contribution in [-0.2, 0) is 19.1 Å². The first kappa shape index (κ1) is 15.9. The lowest BCUT2D eigenvalue weighted by Crippen LogP contribution is -2.03. The average molecular weight is 244 g/mol. The maximum atomic E-state index is 11.0. The molecule has 0 fully saturated rings. The van der Waals surface area contributed by atoms with Crippen molar-refractivity contribution >= 4 is 11.9 Å². The van der Waals surface area contributed by atoms with Gasteiger partial charge >= 0.3 is 11.9 Å². The first-order valence-corrected chi connectivity index (χ1v) is 6.45. The molecule has 0 unspecified atom stereocenters. The van der Waals surface area contributed by atoms with Crippen molar-refractivity contribution < 1.29 is 19.1 Å². The first-order valence-electron chi connectivity index (χ1n) is 6.45. The van der Waals surface area contributed by atoms with Crippen molar-refractivity contribution in [1.29, 1.82) is 0 Å². The third-order valence-electron chi connectivity index (χ3n) is 2.39. The highest BCUT2D eigenvalue weighted by molar-refractivity contribution is 5.69. The Bertz CT molecular complexity index is 213. The zero-order valence-corrected chi connectivity index (χ0v) is 11.0. The molecule has 0 radical (unpaired) electrons. The number of carbonyl (C=O) groups is 2. The van der Waals surface area contributed by atoms with Gasteiger partial charge in [-0.2, -0.15) is 0 Å². The second kappa shape index (κ2) is 11.4. The van der Waals surface area contributed by atoms with E-state index in [-0.39, 0.29) is 11.9 Å². The van der Waals surface area contributed by atoms with Crippen molar-refractivity contribution in [2.45, 2.75) is 58.8 Å². The van der Waals surface area contributed by atoms with Crippen LogP contribution in [0, 0.1) is 0 Å². The molecule has 17 heavy (non-hydrogen) atoms. The monoisotopic (exact) mass is 244 g/mol. The van der Waals surface area contributed by atoms with Gasteiger partial charge in [-0.25, -0.2) is 0 Å². The minimum atomic E-state index is -0.209. The van der Waals surface area contributed by atoms with E-state index in [4.69, 9.17) is 9.47 Å². The van der Waals surface area contributed by atoms with E-state index in [2.05, 4.69) is 0 Å². The van der Waals surface area contributed by atoms with Crippen LogP contribution in [0.3, 0.4) is 0 Å². The van der Waals surface area contributed by atoms with Gasteiger partial charge in [0, 0.05) is 13.3 Å². The van der Waals surface area contributed by atoms with Gasteiger partial charge in [0.2, 0.25) is 0 Å². The van der Waals surface area contributed by atoms with E-state index in [9.17, 15) is 9.59 Å². The highest BCUT2D eigenvalue weighted by Crippen LogP contribution is 2.07. The molecule has 0 atom stereocenters. The second-order valence-electron chi connectivity index (χ2n) is 4.02. The Balaban J connectivity index is 3.08. The lowest BCUT2D eigenvalue weighted by molar-refractivity contribution is -0.143. The van der Waals surface area contributed by atoms with Crippen LogP contribution in [0.15, 0.2) is 0 Å². The van der Waals surface area contributed by atoms with E-state index in [1.807, 2.05) is 6.92 Å². The smallest absolute Gasteiger partial charge is 0.305 e. The van der Waals surface area contributed by atoms with Crippen LogP contribution in [-0.4, -0.2) is 25.2 Å². The van der Waals surface area contributed by atoms with Crippen LogP contribution in [0.4, 0.5) is 0 Å². The van der Waals surface area contributed by atoms with Crippen molar-refractivity contribution in [3.05, 3.63) is 0 Å². The lowest BCUT2D eigenvalue weighted by atomic mass is 10.1. The average Bonchev–Trinajstić information content (AvgIpc) is 2.27. The van der Waals surface area contributed by atoms with E-state index < -0.39 is 0 Å². The van der Waals surface area contributed by atoms with Gasteiger partial charge < -0.3 is 9.47 Å². The second-order valence-corrected chi connectivity index (χ2v) is 4.02. The number of carbonyl (C=O) groups excluding carboxylic acids is 2. The fraction of sp³-hybridized carbons (Fsp3) is 0.846. The number of esters is 2. The molecule has 4 nitrogen and oxygen atoms in total. The van der Waals surface area contributed by atoms with Gasteiger partial charge in [0.15, 0.2) is 0 Å². The summed E-state index contributed by atoms with van der Waals surface area (Å²) in [6.45, 7) is 4.24. The minimum Gasteiger partial charge on any atom is -0.466 e. The number of hydrogen-bond acceptors (Lipinski definition) is 4. The summed E-state index contributed by atoms with van der Waals surface area (Å²) < 4.78 is 9.66. The van der Waals surface area contributed by atoms with E-state index in [1.54, 1.807) is 0 Å². The predicted octanol–water partition coefficient (Wildman–Crippen LogP) is 2.84. The molecule has 0 aliphatic rings. The molecular weight excluding hydrogens is 220 g/mol. The third kappa shape index (κ3) is 12.9. The van der Waals surface area contributed by atoms with Crippen molar-refractivity contribution in [2.24, 2.45) is 0 Å². The highest BCUT2D eigenvalue weighted by Gasteiger charge is 2.00. The number of unbranched alkanes of at least 4 members (excludes halogenated alkanes) is 5. The molecule has 0 spiro atoms. The quantitative estimate of drug-likeness (QED) is 0.438. The van der Waals surface area contributed by atoms with Gasteiger partial charge in [-0.15, -0.1) is 0 Å². The van der Waals surface area contributed by atoms with E-state index >= 15 is 0 Å². The SMILES string of the molecule is CCOC(=O)CCCCCCCCOC(C)=O. The van der Waals surface area contributed by atoms with Crippen molar-refractivity contribution in [2.75, 3.05) is 13.2 Å². The Morgan fingerprint density at radius 1 is 0.882 bits per heavy atom. The van der Waals surface area contributed by atoms with Crippen LogP contribution in [0.2, 0.25) is 0 Å². The van der Waals surface area contributed by atoms with Gasteiger partial charge in [0.05, 0.1) is 13.2 Å². The summed E-state index contributed by atoms with van der Waals surface area (Å²) in [4.78, 5) is 21.5. The first-order chi connectivity index (χ1) is 8.16. The summed E-state index contributed by atoms with van der Waals surface area (Å²) in [6, 6.07) is 0. The lowest BCUT2D eigenvalue weighted by Gasteiger charge is -2.03. The summed E-state index contributed by atoms with van der Waals surface area (Å²) in [6.07, 6.45) is 6.75. The Morgan fingerprint density at radius 3 is 2.06 bits per heavy atom. The topological polar surface area (TPSA) is 52.6 Å². The summed E-state index contributed by atoms with van der Waals surface area (Å²) >= 11 is 0. The molecule has 0 saturated carbocycles. The van der Waals surface area contributed by atoms with Crippen LogP contribution in [0.5, 0.6) is 0 Å². The molecule has 0 aromatic rings. The van der Waals surface area contributed by atoms with Gasteiger partial charge in [0.25, 0.3) is 0 Å². The molecule has 0 heterocycles. The normalized spacial score (nSPS) is 10.0. The highest BCUT2D eigenvalue weighted by atomic mass is 16.5. The van der Waals surface area contributed by atoms with Gasteiger partial charge in [-0.3, -0.25) is 9.59 Å². The molecular formula is C13H24O4. The van der Waals surface area contributed by atoms with Crippen molar-refractivity contribution in [3.63, 3.8) is 0 Å². The Labute approximate surface area is 104 Å². The predicted molar refractivity (Wildman–Crippen MR) is 65.6 cm³/mol. The van der Waals surface area contributed by atoms with Crippen LogP contribution in [0.1, 0.15) is 58.8 Å². The zero-order chi connectivity index (χ0) is 12.9. The van der Waals surface area contributed by atoms with Crippen LogP contribution in [0.25, 0.3) is 0 Å². The van der Waals surface area contributed by atoms with Crippen LogP contribution < -0.4 is 0 Å². The maximum absolute atomic E-state index is 11.0. The summed E-state index contributed by atoms with van der Waals surface area (Å²) in [5.41, 5.74) is 0. The molecule has 0 aromatic heterocycles. The van der Waals surface area contributed by atoms with E-state index in [1.165, 1.54) is 6.92 Å². The number of rotatable bonds is 10. The van der Waals surface area contributed by atoms with E-state index in [0.717, 1.165) is 38.5 Å². The molecule has 0 amide bonds. The van der Waals surface area contributed by atoms with Crippen LogP contribution >= 0.6 is 0 Å². The van der Waals surface area contributed by atoms with Gasteiger partial charge in [-0.05, 0) is 19.8 Å².